The van der Waals surface area contributed by atoms with Crippen LogP contribution in [0.15, 0.2) is 18.3 Å². The number of nitrogens with one attached hydrogen (secondary N) is 2. The molecule has 14 heavy (non-hydrogen) atoms. The highest BCUT2D eigenvalue weighted by atomic mass is 35.5. The summed E-state index contributed by atoms with van der Waals surface area (Å²) in [7, 11) is 0. The second-order valence-electron chi connectivity index (χ2n) is 3.52. The van der Waals surface area contributed by atoms with Crippen LogP contribution in [0.4, 0.5) is 0 Å². The molecule has 2 N–H and O–H groups in total. The van der Waals surface area contributed by atoms with Crippen molar-refractivity contribution in [1.29, 1.82) is 0 Å². The molecule has 2 atom stereocenters. The summed E-state index contributed by atoms with van der Waals surface area (Å²) >= 11 is 0. The maximum Gasteiger partial charge on any atom is 0.0948 e. The SMILES string of the molecule is CC(O[C@@H]1CCNC1)c1ccc[nH]1.Cl. The summed E-state index contributed by atoms with van der Waals surface area (Å²) in [5.41, 5.74) is 1.16. The molecular formula is C10H17ClN2O. The zero-order chi connectivity index (χ0) is 9.10. The van der Waals surface area contributed by atoms with E-state index >= 15 is 0 Å². The van der Waals surface area contributed by atoms with Crippen LogP contribution in [0.2, 0.25) is 0 Å². The van der Waals surface area contributed by atoms with Crippen LogP contribution in [0.25, 0.3) is 0 Å². The summed E-state index contributed by atoms with van der Waals surface area (Å²) in [6, 6.07) is 4.06. The van der Waals surface area contributed by atoms with E-state index in [0.29, 0.717) is 6.10 Å². The molecule has 0 aromatic carbocycles. The van der Waals surface area contributed by atoms with Crippen molar-refractivity contribution < 1.29 is 4.74 Å². The zero-order valence-corrected chi connectivity index (χ0v) is 9.14. The van der Waals surface area contributed by atoms with E-state index in [4.69, 9.17) is 4.74 Å². The quantitative estimate of drug-likeness (QED) is 0.810. The Morgan fingerprint density at radius 2 is 2.43 bits per heavy atom. The Morgan fingerprint density at radius 3 is 3.00 bits per heavy atom. The maximum atomic E-state index is 5.86. The fraction of sp³-hybridized carbons (Fsp3) is 0.600. The van der Waals surface area contributed by atoms with Crippen molar-refractivity contribution in [2.24, 2.45) is 0 Å². The fourth-order valence-electron chi connectivity index (χ4n) is 1.70. The van der Waals surface area contributed by atoms with Gasteiger partial charge < -0.3 is 15.0 Å². The van der Waals surface area contributed by atoms with Gasteiger partial charge >= 0.3 is 0 Å². The second-order valence-corrected chi connectivity index (χ2v) is 3.52. The number of halogens is 1. The summed E-state index contributed by atoms with van der Waals surface area (Å²) in [6.07, 6.45) is 3.63. The van der Waals surface area contributed by atoms with Crippen molar-refractivity contribution >= 4 is 12.4 Å². The molecule has 1 unspecified atom stereocenters. The van der Waals surface area contributed by atoms with E-state index in [1.165, 1.54) is 0 Å². The molecule has 1 aromatic heterocycles. The van der Waals surface area contributed by atoms with Gasteiger partial charge in [0.1, 0.15) is 0 Å². The average molecular weight is 217 g/mol. The van der Waals surface area contributed by atoms with Crippen molar-refractivity contribution in [3.8, 4) is 0 Å². The Hall–Kier alpha value is -0.510. The molecule has 0 radical (unpaired) electrons. The first kappa shape index (κ1) is 11.6. The Bertz CT molecular complexity index is 245. The van der Waals surface area contributed by atoms with E-state index in [0.717, 1.165) is 25.2 Å². The number of H-pyrrole nitrogens is 1. The maximum absolute atomic E-state index is 5.86. The molecule has 0 spiro atoms. The summed E-state index contributed by atoms with van der Waals surface area (Å²) in [6.45, 7) is 4.16. The smallest absolute Gasteiger partial charge is 0.0948 e. The third-order valence-corrected chi connectivity index (χ3v) is 2.47. The normalized spacial score (nSPS) is 23.1. The average Bonchev–Trinajstić information content (AvgIpc) is 2.74. The lowest BCUT2D eigenvalue weighted by atomic mass is 10.2. The molecule has 2 heterocycles. The molecule has 2 rings (SSSR count). The largest absolute Gasteiger partial charge is 0.368 e. The van der Waals surface area contributed by atoms with Crippen molar-refractivity contribution in [2.45, 2.75) is 25.6 Å². The molecule has 1 aromatic rings. The van der Waals surface area contributed by atoms with E-state index < -0.39 is 0 Å². The van der Waals surface area contributed by atoms with Crippen LogP contribution in [0, 0.1) is 0 Å². The first-order chi connectivity index (χ1) is 6.36. The summed E-state index contributed by atoms with van der Waals surface area (Å²) in [5, 5.41) is 3.29. The molecule has 0 aliphatic carbocycles. The van der Waals surface area contributed by atoms with Crippen LogP contribution in [0.5, 0.6) is 0 Å². The van der Waals surface area contributed by atoms with E-state index in [9.17, 15) is 0 Å². The van der Waals surface area contributed by atoms with Gasteiger partial charge in [0.05, 0.1) is 12.2 Å². The minimum absolute atomic E-state index is 0. The minimum Gasteiger partial charge on any atom is -0.368 e. The molecule has 1 saturated heterocycles. The number of ether oxygens (including phenoxy) is 1. The number of hydrogen-bond acceptors (Lipinski definition) is 2. The standard InChI is InChI=1S/C10H16N2O.ClH/c1-8(10-3-2-5-12-10)13-9-4-6-11-7-9;/h2-3,5,8-9,11-12H,4,6-7H2,1H3;1H/t8?,9-;/m1./s1. The Balaban J connectivity index is 0.000000980. The van der Waals surface area contributed by atoms with Gasteiger partial charge in [0, 0.05) is 18.4 Å². The molecule has 0 amide bonds. The van der Waals surface area contributed by atoms with Gasteiger partial charge in [-0.25, -0.2) is 0 Å². The molecule has 0 bridgehead atoms. The lowest BCUT2D eigenvalue weighted by molar-refractivity contribution is 0.00629. The topological polar surface area (TPSA) is 37.0 Å². The van der Waals surface area contributed by atoms with Crippen LogP contribution in [-0.4, -0.2) is 24.2 Å². The van der Waals surface area contributed by atoms with Crippen molar-refractivity contribution in [2.75, 3.05) is 13.1 Å². The number of aromatic nitrogens is 1. The molecule has 1 aliphatic rings. The van der Waals surface area contributed by atoms with E-state index in [-0.39, 0.29) is 18.5 Å². The molecule has 3 nitrogen and oxygen atoms in total. The van der Waals surface area contributed by atoms with E-state index in [1.807, 2.05) is 12.3 Å². The molecule has 4 heteroatoms. The van der Waals surface area contributed by atoms with Crippen molar-refractivity contribution in [3.05, 3.63) is 24.0 Å². The van der Waals surface area contributed by atoms with Gasteiger partial charge in [-0.15, -0.1) is 12.4 Å². The molecule has 0 saturated carbocycles. The Morgan fingerprint density at radius 1 is 1.57 bits per heavy atom. The molecule has 1 aliphatic heterocycles. The highest BCUT2D eigenvalue weighted by Crippen LogP contribution is 2.18. The first-order valence-corrected chi connectivity index (χ1v) is 4.86. The number of aromatic amines is 1. The fourth-order valence-corrected chi connectivity index (χ4v) is 1.70. The van der Waals surface area contributed by atoms with Crippen molar-refractivity contribution in [3.63, 3.8) is 0 Å². The van der Waals surface area contributed by atoms with Gasteiger partial charge in [-0.2, -0.15) is 0 Å². The predicted octanol–water partition coefficient (Wildman–Crippen LogP) is 1.88. The number of hydrogen-bond donors (Lipinski definition) is 2. The van der Waals surface area contributed by atoms with Gasteiger partial charge in [0.15, 0.2) is 0 Å². The van der Waals surface area contributed by atoms with Gasteiger partial charge in [-0.3, -0.25) is 0 Å². The van der Waals surface area contributed by atoms with E-state index in [2.05, 4.69) is 23.3 Å². The summed E-state index contributed by atoms with van der Waals surface area (Å²) in [5.74, 6) is 0. The van der Waals surface area contributed by atoms with Gasteiger partial charge in [0.2, 0.25) is 0 Å². The van der Waals surface area contributed by atoms with Gasteiger partial charge in [-0.1, -0.05) is 0 Å². The van der Waals surface area contributed by atoms with Crippen LogP contribution in [0.3, 0.4) is 0 Å². The van der Waals surface area contributed by atoms with Crippen molar-refractivity contribution in [1.82, 2.24) is 10.3 Å². The highest BCUT2D eigenvalue weighted by Gasteiger charge is 2.18. The van der Waals surface area contributed by atoms with E-state index in [1.54, 1.807) is 0 Å². The third kappa shape index (κ3) is 2.74. The van der Waals surface area contributed by atoms with Crippen LogP contribution >= 0.6 is 12.4 Å². The van der Waals surface area contributed by atoms with Crippen LogP contribution < -0.4 is 5.32 Å². The lowest BCUT2D eigenvalue weighted by Gasteiger charge is -2.16. The highest BCUT2D eigenvalue weighted by molar-refractivity contribution is 5.85. The summed E-state index contributed by atoms with van der Waals surface area (Å²) in [4.78, 5) is 3.17. The van der Waals surface area contributed by atoms with Crippen LogP contribution in [-0.2, 0) is 4.74 Å². The first-order valence-electron chi connectivity index (χ1n) is 4.86. The van der Waals surface area contributed by atoms with Gasteiger partial charge in [-0.05, 0) is 32.0 Å². The predicted molar refractivity (Wildman–Crippen MR) is 58.8 cm³/mol. The Labute approximate surface area is 90.6 Å². The van der Waals surface area contributed by atoms with Crippen LogP contribution in [0.1, 0.15) is 25.1 Å². The number of rotatable bonds is 3. The Kier molecular flexibility index (Phi) is 4.45. The monoisotopic (exact) mass is 216 g/mol. The van der Waals surface area contributed by atoms with Gasteiger partial charge in [0.25, 0.3) is 0 Å². The minimum atomic E-state index is 0. The second kappa shape index (κ2) is 5.39. The molecule has 1 fully saturated rings. The molecular weight excluding hydrogens is 200 g/mol. The lowest BCUT2D eigenvalue weighted by Crippen LogP contribution is -2.18. The summed E-state index contributed by atoms with van der Waals surface area (Å²) < 4.78 is 5.86. The molecule has 80 valence electrons. The third-order valence-electron chi connectivity index (χ3n) is 2.47. The zero-order valence-electron chi connectivity index (χ0n) is 8.32.